The molecule has 3 N–H and O–H groups in total. The number of hydrogen-bond acceptors (Lipinski definition) is 6. The summed E-state index contributed by atoms with van der Waals surface area (Å²) in [5, 5.41) is 0.838. The Morgan fingerprint density at radius 1 is 1.33 bits per heavy atom. The van der Waals surface area contributed by atoms with Gasteiger partial charge in [0, 0.05) is 6.04 Å². The first-order valence-electron chi connectivity index (χ1n) is 6.81. The Kier molecular flexibility index (Phi) is 3.94. The van der Waals surface area contributed by atoms with Gasteiger partial charge in [-0.3, -0.25) is 0 Å². The highest BCUT2D eigenvalue weighted by atomic mass is 32.2. The first kappa shape index (κ1) is 14.1. The quantitative estimate of drug-likeness (QED) is 0.556. The van der Waals surface area contributed by atoms with Crippen LogP contribution in [0.2, 0.25) is 0 Å². The van der Waals surface area contributed by atoms with Crippen LogP contribution in [0.25, 0.3) is 11.2 Å². The molecule has 3 aromatic rings. The van der Waals surface area contributed by atoms with Crippen LogP contribution in [0.15, 0.2) is 34.2 Å². The van der Waals surface area contributed by atoms with E-state index >= 15 is 0 Å². The van der Waals surface area contributed by atoms with Crippen LogP contribution in [0.4, 0.5) is 0 Å². The number of furan rings is 1. The maximum Gasteiger partial charge on any atom is 0.181 e. The lowest BCUT2D eigenvalue weighted by Crippen LogP contribution is -2.25. The molecule has 2 unspecified atom stereocenters. The molecule has 0 spiro atoms. The van der Waals surface area contributed by atoms with E-state index in [-0.39, 0.29) is 11.3 Å². The van der Waals surface area contributed by atoms with Crippen molar-refractivity contribution < 1.29 is 4.42 Å². The van der Waals surface area contributed by atoms with Crippen LogP contribution in [0.1, 0.15) is 30.1 Å². The molecule has 0 saturated carbocycles. The summed E-state index contributed by atoms with van der Waals surface area (Å²) in [6.07, 6.45) is 4.00. The highest BCUT2D eigenvalue weighted by Crippen LogP contribution is 2.39. The van der Waals surface area contributed by atoms with E-state index in [4.69, 9.17) is 10.2 Å². The molecule has 7 heteroatoms. The normalized spacial score (nSPS) is 14.4. The molecule has 0 saturated heterocycles. The number of thioether (sulfide) groups is 1. The molecule has 110 valence electrons. The highest BCUT2D eigenvalue weighted by molar-refractivity contribution is 7.99. The molecule has 0 aliphatic rings. The number of aromatic nitrogens is 4. The van der Waals surface area contributed by atoms with Crippen LogP contribution < -0.4 is 5.73 Å². The summed E-state index contributed by atoms with van der Waals surface area (Å²) in [6.45, 7) is 4.00. The number of rotatable bonds is 5. The Balaban J connectivity index is 1.96. The monoisotopic (exact) mass is 303 g/mol. The summed E-state index contributed by atoms with van der Waals surface area (Å²) in [5.41, 5.74) is 7.77. The van der Waals surface area contributed by atoms with E-state index in [0.29, 0.717) is 5.65 Å². The van der Waals surface area contributed by atoms with Gasteiger partial charge in [0.25, 0.3) is 0 Å². The number of H-pyrrole nitrogens is 1. The Labute approximate surface area is 126 Å². The first-order chi connectivity index (χ1) is 10.2. The van der Waals surface area contributed by atoms with Gasteiger partial charge in [-0.15, -0.1) is 0 Å². The van der Waals surface area contributed by atoms with Gasteiger partial charge in [0.15, 0.2) is 5.65 Å². The molecule has 0 radical (unpaired) electrons. The molecular formula is C14H17N5OS. The van der Waals surface area contributed by atoms with Crippen LogP contribution in [0, 0.1) is 6.92 Å². The van der Waals surface area contributed by atoms with Crippen molar-refractivity contribution in [3.8, 4) is 0 Å². The van der Waals surface area contributed by atoms with Gasteiger partial charge in [-0.2, -0.15) is 0 Å². The molecule has 0 fully saturated rings. The van der Waals surface area contributed by atoms with Crippen molar-refractivity contribution in [3.63, 3.8) is 0 Å². The number of hydrogen-bond donors (Lipinski definition) is 2. The molecule has 0 aliphatic carbocycles. The maximum absolute atomic E-state index is 6.28. The van der Waals surface area contributed by atoms with Crippen LogP contribution in [-0.2, 0) is 0 Å². The van der Waals surface area contributed by atoms with E-state index in [1.807, 2.05) is 19.1 Å². The highest BCUT2D eigenvalue weighted by Gasteiger charge is 2.25. The van der Waals surface area contributed by atoms with Crippen LogP contribution in [0.3, 0.4) is 0 Å². The largest absolute Gasteiger partial charge is 0.465 e. The number of nitrogens with zero attached hydrogens (tertiary/aromatic N) is 3. The summed E-state index contributed by atoms with van der Waals surface area (Å²) in [4.78, 5) is 15.7. The number of aromatic amines is 1. The fraction of sp³-hybridized carbons (Fsp3) is 0.357. The molecule has 6 nitrogen and oxygen atoms in total. The zero-order valence-electron chi connectivity index (χ0n) is 11.9. The van der Waals surface area contributed by atoms with E-state index in [1.165, 1.54) is 6.33 Å². The van der Waals surface area contributed by atoms with E-state index in [0.717, 1.165) is 28.5 Å². The van der Waals surface area contributed by atoms with E-state index in [2.05, 4.69) is 26.9 Å². The number of imidazole rings is 1. The Hall–Kier alpha value is -1.86. The summed E-state index contributed by atoms with van der Waals surface area (Å²) >= 11 is 1.58. The van der Waals surface area contributed by atoms with Gasteiger partial charge in [-0.25, -0.2) is 15.0 Å². The predicted molar refractivity (Wildman–Crippen MR) is 82.0 cm³/mol. The molecule has 2 atom stereocenters. The molecule has 21 heavy (non-hydrogen) atoms. The smallest absolute Gasteiger partial charge is 0.181 e. The molecule has 3 heterocycles. The molecule has 3 rings (SSSR count). The average molecular weight is 303 g/mol. The van der Waals surface area contributed by atoms with Crippen molar-refractivity contribution in [2.45, 2.75) is 36.6 Å². The molecule has 0 amide bonds. The lowest BCUT2D eigenvalue weighted by atomic mass is 10.1. The number of nitrogens with two attached hydrogens (primary N) is 1. The number of fused-ring (bicyclic) bond motifs is 1. The molecule has 3 aromatic heterocycles. The second kappa shape index (κ2) is 5.87. The lowest BCUT2D eigenvalue weighted by Gasteiger charge is -2.20. The van der Waals surface area contributed by atoms with E-state index in [1.54, 1.807) is 18.1 Å². The fourth-order valence-corrected chi connectivity index (χ4v) is 3.36. The predicted octanol–water partition coefficient (Wildman–Crippen LogP) is 2.83. The van der Waals surface area contributed by atoms with Crippen LogP contribution in [0.5, 0.6) is 0 Å². The van der Waals surface area contributed by atoms with Gasteiger partial charge >= 0.3 is 0 Å². The van der Waals surface area contributed by atoms with Crippen molar-refractivity contribution >= 4 is 22.9 Å². The van der Waals surface area contributed by atoms with Gasteiger partial charge in [0.05, 0.1) is 11.6 Å². The molecule has 0 aromatic carbocycles. The maximum atomic E-state index is 6.28. The lowest BCUT2D eigenvalue weighted by molar-refractivity contribution is 0.454. The van der Waals surface area contributed by atoms with Crippen molar-refractivity contribution in [1.82, 2.24) is 19.9 Å². The molecular weight excluding hydrogens is 286 g/mol. The van der Waals surface area contributed by atoms with Gasteiger partial charge in [0.1, 0.15) is 28.4 Å². The first-order valence-corrected chi connectivity index (χ1v) is 7.69. The Morgan fingerprint density at radius 3 is 2.90 bits per heavy atom. The third kappa shape index (κ3) is 2.79. The van der Waals surface area contributed by atoms with Gasteiger partial charge in [0.2, 0.25) is 0 Å². The van der Waals surface area contributed by atoms with Crippen molar-refractivity contribution in [3.05, 3.63) is 36.3 Å². The number of aryl methyl sites for hydroxylation is 1. The third-order valence-corrected chi connectivity index (χ3v) is 4.70. The van der Waals surface area contributed by atoms with Gasteiger partial charge in [-0.05, 0) is 25.5 Å². The van der Waals surface area contributed by atoms with Crippen molar-refractivity contribution in [2.24, 2.45) is 5.73 Å². The topological polar surface area (TPSA) is 93.6 Å². The minimum Gasteiger partial charge on any atom is -0.465 e. The van der Waals surface area contributed by atoms with E-state index < -0.39 is 0 Å². The zero-order chi connectivity index (χ0) is 14.8. The molecule has 0 bridgehead atoms. The summed E-state index contributed by atoms with van der Waals surface area (Å²) < 4.78 is 5.76. The van der Waals surface area contributed by atoms with E-state index in [9.17, 15) is 0 Å². The second-order valence-corrected chi connectivity index (χ2v) is 5.97. The summed E-state index contributed by atoms with van der Waals surface area (Å²) in [7, 11) is 0. The summed E-state index contributed by atoms with van der Waals surface area (Å²) in [6, 6.07) is 3.92. The Bertz CT molecular complexity index is 738. The Morgan fingerprint density at radius 2 is 2.19 bits per heavy atom. The summed E-state index contributed by atoms with van der Waals surface area (Å²) in [5.74, 6) is 1.76. The zero-order valence-corrected chi connectivity index (χ0v) is 12.7. The third-order valence-electron chi connectivity index (χ3n) is 3.33. The minimum atomic E-state index is -0.0199. The van der Waals surface area contributed by atoms with Crippen LogP contribution in [-0.4, -0.2) is 26.0 Å². The minimum absolute atomic E-state index is 0.00472. The fourth-order valence-electron chi connectivity index (χ4n) is 2.13. The average Bonchev–Trinajstić information content (AvgIpc) is 3.12. The number of nitrogens with one attached hydrogen (secondary N) is 1. The second-order valence-electron chi connectivity index (χ2n) is 4.84. The van der Waals surface area contributed by atoms with Crippen molar-refractivity contribution in [2.75, 3.05) is 0 Å². The SMILES string of the molecule is CCC(N)C(Sc1ncnc2nc[nH]c12)c1ccc(C)o1. The van der Waals surface area contributed by atoms with Gasteiger partial charge < -0.3 is 15.1 Å². The molecule has 0 aliphatic heterocycles. The van der Waals surface area contributed by atoms with Gasteiger partial charge in [-0.1, -0.05) is 18.7 Å². The standard InChI is InChI=1S/C14H17N5OS/c1-3-9(15)12(10-5-4-8(2)20-10)21-14-11-13(17-6-16-11)18-7-19-14/h4-7,9,12H,3,15H2,1-2H3,(H,16,17,18,19). The van der Waals surface area contributed by atoms with Crippen LogP contribution >= 0.6 is 11.8 Å². The van der Waals surface area contributed by atoms with Crippen molar-refractivity contribution in [1.29, 1.82) is 0 Å².